The van der Waals surface area contributed by atoms with Crippen LogP contribution < -0.4 is 0 Å². The van der Waals surface area contributed by atoms with Gasteiger partial charge in [0.1, 0.15) is 0 Å². The van der Waals surface area contributed by atoms with E-state index in [9.17, 15) is 9.90 Å². The number of aryl methyl sites for hydroxylation is 2. The maximum absolute atomic E-state index is 11.5. The van der Waals surface area contributed by atoms with Crippen LogP contribution in [0, 0.1) is 13.8 Å². The zero-order valence-electron chi connectivity index (χ0n) is 12.3. The van der Waals surface area contributed by atoms with E-state index in [1.54, 1.807) is 24.8 Å². The summed E-state index contributed by atoms with van der Waals surface area (Å²) in [5.41, 5.74) is 2.24. The fraction of sp³-hybridized carbons (Fsp3) is 0.400. The number of thioether (sulfide) groups is 1. The molecule has 1 aromatic heterocycles. The smallest absolute Gasteiger partial charge is 0.336 e. The molecule has 0 atom stereocenters. The molecule has 0 saturated heterocycles. The molecule has 2 aromatic rings. The number of aromatic carboxylic acids is 1. The second-order valence-corrected chi connectivity index (χ2v) is 5.93. The van der Waals surface area contributed by atoms with Gasteiger partial charge in [-0.3, -0.25) is 0 Å². The van der Waals surface area contributed by atoms with E-state index in [4.69, 9.17) is 4.52 Å². The lowest BCUT2D eigenvalue weighted by atomic mass is 9.97. The number of nitrogens with zero attached hydrogens (tertiary/aromatic N) is 2. The van der Waals surface area contributed by atoms with Crippen molar-refractivity contribution in [1.82, 2.24) is 10.1 Å². The van der Waals surface area contributed by atoms with Gasteiger partial charge in [-0.15, -0.1) is 0 Å². The molecule has 112 valence electrons. The molecule has 1 heterocycles. The summed E-state index contributed by atoms with van der Waals surface area (Å²) in [4.78, 5) is 15.8. The third-order valence-electron chi connectivity index (χ3n) is 3.10. The van der Waals surface area contributed by atoms with E-state index in [0.717, 1.165) is 17.7 Å². The number of carbonyl (C=O) groups is 1. The molecule has 0 bridgehead atoms. The number of rotatable bonds is 6. The van der Waals surface area contributed by atoms with E-state index in [2.05, 4.69) is 17.1 Å². The monoisotopic (exact) mass is 306 g/mol. The number of carboxylic acid groups (broad SMARTS) is 1. The van der Waals surface area contributed by atoms with Crippen LogP contribution in [0.3, 0.4) is 0 Å². The molecule has 0 amide bonds. The van der Waals surface area contributed by atoms with Gasteiger partial charge in [-0.1, -0.05) is 24.2 Å². The first-order valence-corrected chi connectivity index (χ1v) is 7.94. The molecule has 5 nitrogen and oxygen atoms in total. The largest absolute Gasteiger partial charge is 0.478 e. The molecule has 2 rings (SSSR count). The van der Waals surface area contributed by atoms with Gasteiger partial charge in [0.25, 0.3) is 5.89 Å². The first kappa shape index (κ1) is 15.6. The van der Waals surface area contributed by atoms with Crippen LogP contribution in [0.15, 0.2) is 16.7 Å². The molecule has 6 heteroatoms. The highest BCUT2D eigenvalue weighted by Crippen LogP contribution is 2.29. The molecular formula is C15H18N2O3S. The molecule has 0 fully saturated rings. The summed E-state index contributed by atoms with van der Waals surface area (Å²) in [6.07, 6.45) is 1.09. The zero-order valence-corrected chi connectivity index (χ0v) is 13.2. The predicted molar refractivity (Wildman–Crippen MR) is 82.6 cm³/mol. The Labute approximate surface area is 127 Å². The molecule has 0 saturated carbocycles. The van der Waals surface area contributed by atoms with Crippen LogP contribution >= 0.6 is 11.8 Å². The van der Waals surface area contributed by atoms with Crippen molar-refractivity contribution in [2.75, 3.05) is 5.75 Å². The number of aromatic nitrogens is 2. The van der Waals surface area contributed by atoms with Crippen molar-refractivity contribution in [3.63, 3.8) is 0 Å². The summed E-state index contributed by atoms with van der Waals surface area (Å²) in [5, 5.41) is 13.4. The fourth-order valence-electron chi connectivity index (χ4n) is 2.08. The van der Waals surface area contributed by atoms with Crippen molar-refractivity contribution in [1.29, 1.82) is 0 Å². The van der Waals surface area contributed by atoms with Crippen molar-refractivity contribution in [2.45, 2.75) is 32.9 Å². The third-order valence-corrected chi connectivity index (χ3v) is 4.26. The van der Waals surface area contributed by atoms with E-state index in [-0.39, 0.29) is 11.5 Å². The standard InChI is InChI=1S/C15H18N2O3S/c1-4-7-21-8-11-16-14(20-17-11)12-9(2)5-6-10(3)13(12)15(18)19/h5-6H,4,7-8H2,1-3H3,(H,18,19). The van der Waals surface area contributed by atoms with Crippen LogP contribution in [0.5, 0.6) is 0 Å². The normalized spacial score (nSPS) is 10.8. The number of hydrogen-bond donors (Lipinski definition) is 1. The molecule has 0 radical (unpaired) electrons. The molecular weight excluding hydrogens is 288 g/mol. The van der Waals surface area contributed by atoms with Gasteiger partial charge in [0.2, 0.25) is 0 Å². The Kier molecular flexibility index (Phi) is 5.01. The summed E-state index contributed by atoms with van der Waals surface area (Å²) >= 11 is 1.73. The van der Waals surface area contributed by atoms with Gasteiger partial charge in [-0.25, -0.2) is 4.79 Å². The predicted octanol–water partition coefficient (Wildman–Crippen LogP) is 3.69. The Morgan fingerprint density at radius 1 is 1.33 bits per heavy atom. The summed E-state index contributed by atoms with van der Waals surface area (Å²) in [6, 6.07) is 3.66. The Morgan fingerprint density at radius 3 is 2.71 bits per heavy atom. The lowest BCUT2D eigenvalue weighted by molar-refractivity contribution is 0.0696. The van der Waals surface area contributed by atoms with Crippen LogP contribution in [-0.2, 0) is 5.75 Å². The van der Waals surface area contributed by atoms with Crippen LogP contribution in [-0.4, -0.2) is 27.0 Å². The average Bonchev–Trinajstić information content (AvgIpc) is 2.89. The zero-order chi connectivity index (χ0) is 15.4. The Morgan fingerprint density at radius 2 is 2.05 bits per heavy atom. The summed E-state index contributed by atoms with van der Waals surface area (Å²) in [5.74, 6) is 1.60. The Hall–Kier alpha value is -1.82. The Bertz CT molecular complexity index is 652. The quantitative estimate of drug-likeness (QED) is 0.820. The molecule has 0 aliphatic carbocycles. The van der Waals surface area contributed by atoms with E-state index < -0.39 is 5.97 Å². The van der Waals surface area contributed by atoms with Crippen molar-refractivity contribution in [3.8, 4) is 11.5 Å². The van der Waals surface area contributed by atoms with Crippen LogP contribution in [0.4, 0.5) is 0 Å². The molecule has 1 aromatic carbocycles. The lowest BCUT2D eigenvalue weighted by Gasteiger charge is -2.08. The van der Waals surface area contributed by atoms with Gasteiger partial charge in [0.05, 0.1) is 16.9 Å². The highest BCUT2D eigenvalue weighted by atomic mass is 32.2. The number of hydrogen-bond acceptors (Lipinski definition) is 5. The summed E-state index contributed by atoms with van der Waals surface area (Å²) < 4.78 is 5.27. The minimum Gasteiger partial charge on any atom is -0.478 e. The summed E-state index contributed by atoms with van der Waals surface area (Å²) in [6.45, 7) is 5.72. The molecule has 0 unspecified atom stereocenters. The van der Waals surface area contributed by atoms with Gasteiger partial charge in [-0.2, -0.15) is 16.7 Å². The minimum atomic E-state index is -0.980. The number of benzene rings is 1. The molecule has 1 N–H and O–H groups in total. The van der Waals surface area contributed by atoms with E-state index in [1.807, 2.05) is 13.0 Å². The highest BCUT2D eigenvalue weighted by molar-refractivity contribution is 7.98. The molecule has 21 heavy (non-hydrogen) atoms. The van der Waals surface area contributed by atoms with Crippen LogP contribution in [0.1, 0.15) is 40.7 Å². The van der Waals surface area contributed by atoms with Gasteiger partial charge in [0.15, 0.2) is 5.82 Å². The highest BCUT2D eigenvalue weighted by Gasteiger charge is 2.21. The molecule has 0 aliphatic heterocycles. The topological polar surface area (TPSA) is 76.2 Å². The fourth-order valence-corrected chi connectivity index (χ4v) is 2.82. The second kappa shape index (κ2) is 6.76. The van der Waals surface area contributed by atoms with Gasteiger partial charge < -0.3 is 9.63 Å². The first-order valence-electron chi connectivity index (χ1n) is 6.78. The SMILES string of the molecule is CCCSCc1noc(-c2c(C)ccc(C)c2C(=O)O)n1. The third kappa shape index (κ3) is 3.44. The maximum atomic E-state index is 11.5. The van der Waals surface area contributed by atoms with E-state index in [0.29, 0.717) is 22.7 Å². The van der Waals surface area contributed by atoms with Crippen molar-refractivity contribution in [2.24, 2.45) is 0 Å². The van der Waals surface area contributed by atoms with Crippen molar-refractivity contribution in [3.05, 3.63) is 34.6 Å². The van der Waals surface area contributed by atoms with E-state index in [1.165, 1.54) is 0 Å². The lowest BCUT2D eigenvalue weighted by Crippen LogP contribution is -2.04. The van der Waals surface area contributed by atoms with Gasteiger partial charge in [-0.05, 0) is 37.1 Å². The van der Waals surface area contributed by atoms with Crippen LogP contribution in [0.2, 0.25) is 0 Å². The molecule has 0 spiro atoms. The maximum Gasteiger partial charge on any atom is 0.336 e. The van der Waals surface area contributed by atoms with Gasteiger partial charge in [0, 0.05) is 0 Å². The second-order valence-electron chi connectivity index (χ2n) is 4.82. The average molecular weight is 306 g/mol. The summed E-state index contributed by atoms with van der Waals surface area (Å²) in [7, 11) is 0. The minimum absolute atomic E-state index is 0.228. The van der Waals surface area contributed by atoms with Crippen molar-refractivity contribution < 1.29 is 14.4 Å². The number of carboxylic acids is 1. The van der Waals surface area contributed by atoms with Gasteiger partial charge >= 0.3 is 5.97 Å². The first-order chi connectivity index (χ1) is 10.0. The molecule has 0 aliphatic rings. The van der Waals surface area contributed by atoms with E-state index >= 15 is 0 Å². The van der Waals surface area contributed by atoms with Crippen LogP contribution in [0.25, 0.3) is 11.5 Å². The van der Waals surface area contributed by atoms with Crippen molar-refractivity contribution >= 4 is 17.7 Å². The Balaban J connectivity index is 2.38.